The molecule has 0 amide bonds. The summed E-state index contributed by atoms with van der Waals surface area (Å²) in [7, 11) is 0. The molecule has 0 aromatic carbocycles. The highest BCUT2D eigenvalue weighted by atomic mass is 19.4. The summed E-state index contributed by atoms with van der Waals surface area (Å²) in [4.78, 5) is 20.9. The number of nitrogens with zero attached hydrogens (tertiary/aromatic N) is 5. The maximum absolute atomic E-state index is 12.8. The van der Waals surface area contributed by atoms with E-state index in [1.807, 2.05) is 32.2 Å². The fourth-order valence-corrected chi connectivity index (χ4v) is 5.75. The molecule has 3 aliphatic heterocycles. The summed E-state index contributed by atoms with van der Waals surface area (Å²) < 4.78 is 38.3. The van der Waals surface area contributed by atoms with E-state index in [9.17, 15) is 13.2 Å². The molecule has 1 aliphatic carbocycles. The van der Waals surface area contributed by atoms with Crippen molar-refractivity contribution < 1.29 is 13.2 Å². The first kappa shape index (κ1) is 32.1. The predicted octanol–water partition coefficient (Wildman–Crippen LogP) is 5.23. The molecule has 2 saturated heterocycles. The Balaban J connectivity index is 0.00000198. The number of aliphatic imine (C=N–C) groups is 3. The molecule has 1 atom stereocenters. The average Bonchev–Trinajstić information content (AvgIpc) is 3.82. The molecular formula is C31H47F3N8. The standard InChI is InChI=1S/C29H41F3N8.C2H6/c1-3-33-17-24(20-4-5-20)26-19(2)36-27(39-28(26)38-22-7-11-34-12-8-22)21-6-13-35-25(16-21)37-23-9-14-40(15-10-23)18-29(30,31)32;1-2/h6,13,16-17,19-20,22-23,34H,3-5,7-12,14-15,18H2,1-2H3,(H,35,37)(H,36,38,39);1-2H3/b26-24-,33-17?;. The van der Waals surface area contributed by atoms with Gasteiger partial charge in [-0.15, -0.1) is 0 Å². The van der Waals surface area contributed by atoms with E-state index in [-0.39, 0.29) is 18.1 Å². The summed E-state index contributed by atoms with van der Waals surface area (Å²) in [5.41, 5.74) is 3.32. The van der Waals surface area contributed by atoms with Crippen molar-refractivity contribution in [3.63, 3.8) is 0 Å². The maximum atomic E-state index is 12.8. The van der Waals surface area contributed by atoms with Crippen molar-refractivity contribution in [1.82, 2.24) is 20.5 Å². The monoisotopic (exact) mass is 588 g/mol. The van der Waals surface area contributed by atoms with Crippen LogP contribution in [0.3, 0.4) is 0 Å². The van der Waals surface area contributed by atoms with Gasteiger partial charge < -0.3 is 16.0 Å². The minimum absolute atomic E-state index is 0.0712. The van der Waals surface area contributed by atoms with Crippen molar-refractivity contribution in [2.75, 3.05) is 44.6 Å². The lowest BCUT2D eigenvalue weighted by atomic mass is 9.95. The Morgan fingerprint density at radius 3 is 2.48 bits per heavy atom. The van der Waals surface area contributed by atoms with Crippen LogP contribution in [0, 0.1) is 5.92 Å². The zero-order valence-electron chi connectivity index (χ0n) is 25.5. The van der Waals surface area contributed by atoms with Crippen LogP contribution in [0.1, 0.15) is 71.8 Å². The summed E-state index contributed by atoms with van der Waals surface area (Å²) in [5, 5.41) is 10.5. The molecule has 42 heavy (non-hydrogen) atoms. The number of piperidine rings is 2. The summed E-state index contributed by atoms with van der Waals surface area (Å²) in [6, 6.07) is 4.17. The Morgan fingerprint density at radius 1 is 1.12 bits per heavy atom. The van der Waals surface area contributed by atoms with Gasteiger partial charge in [0.15, 0.2) is 0 Å². The van der Waals surface area contributed by atoms with Crippen LogP contribution in [0.25, 0.3) is 0 Å². The molecule has 232 valence electrons. The summed E-state index contributed by atoms with van der Waals surface area (Å²) in [6.45, 7) is 10.9. The topological polar surface area (TPSA) is 89.3 Å². The lowest BCUT2D eigenvalue weighted by molar-refractivity contribution is -0.147. The molecular weight excluding hydrogens is 541 g/mol. The molecule has 1 aromatic rings. The third-order valence-electron chi connectivity index (χ3n) is 7.97. The van der Waals surface area contributed by atoms with Gasteiger partial charge in [-0.05, 0) is 89.1 Å². The first-order chi connectivity index (χ1) is 20.3. The molecule has 3 fully saturated rings. The Labute approximate surface area is 248 Å². The van der Waals surface area contributed by atoms with Gasteiger partial charge >= 0.3 is 6.18 Å². The number of nitrogens with one attached hydrogen (secondary N) is 3. The summed E-state index contributed by atoms with van der Waals surface area (Å²) in [5.74, 6) is 2.88. The number of hydrogen-bond donors (Lipinski definition) is 3. The van der Waals surface area contributed by atoms with Crippen LogP contribution in [0.2, 0.25) is 0 Å². The first-order valence-corrected chi connectivity index (χ1v) is 15.7. The minimum atomic E-state index is -4.16. The first-order valence-electron chi connectivity index (χ1n) is 15.7. The molecule has 0 bridgehead atoms. The van der Waals surface area contributed by atoms with Crippen LogP contribution in [0.5, 0.6) is 0 Å². The Kier molecular flexibility index (Phi) is 11.5. The minimum Gasteiger partial charge on any atom is -0.367 e. The van der Waals surface area contributed by atoms with Crippen LogP contribution in [0.15, 0.2) is 44.5 Å². The van der Waals surface area contributed by atoms with Crippen molar-refractivity contribution >= 4 is 23.7 Å². The molecule has 4 aliphatic rings. The zero-order valence-corrected chi connectivity index (χ0v) is 25.5. The highest BCUT2D eigenvalue weighted by Gasteiger charge is 2.35. The number of hydrogen-bond acceptors (Lipinski definition) is 7. The van der Waals surface area contributed by atoms with Gasteiger partial charge in [-0.3, -0.25) is 19.9 Å². The van der Waals surface area contributed by atoms with E-state index in [0.717, 1.165) is 55.3 Å². The number of likely N-dealkylation sites (tertiary alicyclic amines) is 1. The van der Waals surface area contributed by atoms with E-state index in [1.165, 1.54) is 23.3 Å². The number of aromatic nitrogens is 1. The third-order valence-corrected chi connectivity index (χ3v) is 7.97. The van der Waals surface area contributed by atoms with Gasteiger partial charge in [-0.1, -0.05) is 13.8 Å². The van der Waals surface area contributed by atoms with Crippen LogP contribution < -0.4 is 16.0 Å². The van der Waals surface area contributed by atoms with E-state index in [1.54, 1.807) is 6.20 Å². The summed E-state index contributed by atoms with van der Waals surface area (Å²) >= 11 is 0. The van der Waals surface area contributed by atoms with Crippen molar-refractivity contribution in [3.8, 4) is 0 Å². The predicted molar refractivity (Wildman–Crippen MR) is 166 cm³/mol. The van der Waals surface area contributed by atoms with Crippen molar-refractivity contribution in [3.05, 3.63) is 35.0 Å². The van der Waals surface area contributed by atoms with E-state index in [2.05, 4.69) is 39.8 Å². The number of rotatable bonds is 8. The Hall–Kier alpha value is -2.79. The Bertz CT molecular complexity index is 1140. The molecule has 0 radical (unpaired) electrons. The second-order valence-corrected chi connectivity index (χ2v) is 11.2. The van der Waals surface area contributed by atoms with Crippen LogP contribution >= 0.6 is 0 Å². The largest absolute Gasteiger partial charge is 0.401 e. The van der Waals surface area contributed by atoms with E-state index in [0.29, 0.717) is 37.7 Å². The SMILES string of the molecule is CC.CCN=C/C(=C1/C(=NC2CCNCC2)NC(c2ccnc(NC3CCN(CC(F)(F)F)CC3)c2)=NC1C)C1CC1. The molecule has 1 unspecified atom stereocenters. The molecule has 4 heterocycles. The lowest BCUT2D eigenvalue weighted by Gasteiger charge is -2.33. The molecule has 8 nitrogen and oxygen atoms in total. The number of halogens is 3. The van der Waals surface area contributed by atoms with Gasteiger partial charge in [-0.2, -0.15) is 13.2 Å². The molecule has 11 heteroatoms. The quantitative estimate of drug-likeness (QED) is 0.362. The summed E-state index contributed by atoms with van der Waals surface area (Å²) in [6.07, 6.45) is 5.28. The Morgan fingerprint density at radius 2 is 1.83 bits per heavy atom. The maximum Gasteiger partial charge on any atom is 0.401 e. The normalized spacial score (nSPS) is 25.1. The van der Waals surface area contributed by atoms with Crippen molar-refractivity contribution in [2.45, 2.75) is 90.5 Å². The van der Waals surface area contributed by atoms with E-state index < -0.39 is 12.7 Å². The van der Waals surface area contributed by atoms with E-state index >= 15 is 0 Å². The van der Waals surface area contributed by atoms with Crippen molar-refractivity contribution in [2.24, 2.45) is 20.9 Å². The average molecular weight is 589 g/mol. The molecule has 0 spiro atoms. The van der Waals surface area contributed by atoms with E-state index in [4.69, 9.17) is 9.98 Å². The number of alkyl halides is 3. The van der Waals surface area contributed by atoms with Gasteiger partial charge in [0, 0.05) is 49.2 Å². The molecule has 3 N–H and O–H groups in total. The smallest absolute Gasteiger partial charge is 0.367 e. The van der Waals surface area contributed by atoms with Crippen molar-refractivity contribution in [1.29, 1.82) is 0 Å². The fraction of sp³-hybridized carbons (Fsp3) is 0.677. The number of amidine groups is 2. The van der Waals surface area contributed by atoms with Crippen LogP contribution in [0.4, 0.5) is 19.0 Å². The second-order valence-electron chi connectivity index (χ2n) is 11.2. The van der Waals surface area contributed by atoms with Gasteiger partial charge in [0.05, 0.1) is 18.6 Å². The van der Waals surface area contributed by atoms with Gasteiger partial charge in [0.2, 0.25) is 0 Å². The lowest BCUT2D eigenvalue weighted by Crippen LogP contribution is -2.43. The van der Waals surface area contributed by atoms with Gasteiger partial charge in [0.25, 0.3) is 0 Å². The molecule has 5 rings (SSSR count). The highest BCUT2D eigenvalue weighted by Crippen LogP contribution is 2.39. The molecule has 1 aromatic heterocycles. The molecule has 1 saturated carbocycles. The number of allylic oxidation sites excluding steroid dienone is 1. The number of pyridine rings is 1. The third kappa shape index (κ3) is 9.10. The second kappa shape index (κ2) is 15.1. The van der Waals surface area contributed by atoms with Gasteiger partial charge in [0.1, 0.15) is 17.5 Å². The van der Waals surface area contributed by atoms with Crippen LogP contribution in [-0.2, 0) is 0 Å². The number of anilines is 1. The fourth-order valence-electron chi connectivity index (χ4n) is 5.75. The van der Waals surface area contributed by atoms with Crippen LogP contribution in [-0.4, -0.2) is 91.3 Å². The highest BCUT2D eigenvalue weighted by molar-refractivity contribution is 6.19. The van der Waals surface area contributed by atoms with Gasteiger partial charge in [-0.25, -0.2) is 4.98 Å². The zero-order chi connectivity index (χ0) is 30.1.